The second-order valence-corrected chi connectivity index (χ2v) is 6.33. The fraction of sp³-hybridized carbons (Fsp3) is 0.300. The molecule has 3 aromatic rings. The van der Waals surface area contributed by atoms with E-state index in [1.54, 1.807) is 13.2 Å². The number of H-pyrrole nitrogens is 1. The van der Waals surface area contributed by atoms with Crippen molar-refractivity contribution in [1.82, 2.24) is 15.3 Å². The number of aromatic nitrogens is 2. The molecule has 0 saturated carbocycles. The van der Waals surface area contributed by atoms with Crippen molar-refractivity contribution in [2.24, 2.45) is 5.92 Å². The largest absolute Gasteiger partial charge is 0.497 e. The average Bonchev–Trinajstić information content (AvgIpc) is 3.09. The molecule has 1 heterocycles. The zero-order valence-electron chi connectivity index (χ0n) is 15.2. The molecule has 0 fully saturated rings. The standard InChI is InChI=1S/C20H24N4O2/c1-4-13(2)18(19-22-16-10-5-6-11-17(16)23-19)24-20(25)21-14-8-7-9-15(12-14)26-3/h5-13,18H,4H2,1-3H3,(H,22,23)(H2,21,24,25)/t13-,18+/m1/s1. The number of carbonyl (C=O) groups excluding carboxylic acids is 1. The Balaban J connectivity index is 1.78. The Labute approximate surface area is 153 Å². The van der Waals surface area contributed by atoms with Crippen LogP contribution >= 0.6 is 0 Å². The molecule has 0 aliphatic carbocycles. The number of nitrogens with zero attached hydrogens (tertiary/aromatic N) is 1. The lowest BCUT2D eigenvalue weighted by Gasteiger charge is -2.22. The van der Waals surface area contributed by atoms with E-state index in [4.69, 9.17) is 4.74 Å². The Kier molecular flexibility index (Phi) is 5.41. The summed E-state index contributed by atoms with van der Waals surface area (Å²) in [4.78, 5) is 20.5. The number of hydrogen-bond acceptors (Lipinski definition) is 3. The van der Waals surface area contributed by atoms with E-state index in [1.807, 2.05) is 42.5 Å². The molecule has 0 bridgehead atoms. The summed E-state index contributed by atoms with van der Waals surface area (Å²) in [7, 11) is 1.60. The number of carbonyl (C=O) groups is 1. The van der Waals surface area contributed by atoms with Crippen LogP contribution in [0.2, 0.25) is 0 Å². The van der Waals surface area contributed by atoms with Gasteiger partial charge in [-0.2, -0.15) is 0 Å². The van der Waals surface area contributed by atoms with E-state index >= 15 is 0 Å². The van der Waals surface area contributed by atoms with Gasteiger partial charge in [-0.15, -0.1) is 0 Å². The third-order valence-corrected chi connectivity index (χ3v) is 4.53. The lowest BCUT2D eigenvalue weighted by atomic mass is 9.99. The molecule has 136 valence electrons. The summed E-state index contributed by atoms with van der Waals surface area (Å²) in [5.41, 5.74) is 2.53. The minimum atomic E-state index is -0.274. The maximum Gasteiger partial charge on any atom is 0.319 e. The first kappa shape index (κ1) is 17.8. The summed E-state index contributed by atoms with van der Waals surface area (Å²) in [5, 5.41) is 5.90. The third-order valence-electron chi connectivity index (χ3n) is 4.53. The van der Waals surface area contributed by atoms with Crippen molar-refractivity contribution in [3.8, 4) is 5.75 Å². The molecule has 2 amide bonds. The summed E-state index contributed by atoms with van der Waals surface area (Å²) in [5.74, 6) is 1.69. The molecule has 0 unspecified atom stereocenters. The number of hydrogen-bond donors (Lipinski definition) is 3. The number of fused-ring (bicyclic) bond motifs is 1. The van der Waals surface area contributed by atoms with Crippen LogP contribution in [0.25, 0.3) is 11.0 Å². The number of rotatable bonds is 6. The molecule has 6 heteroatoms. The van der Waals surface area contributed by atoms with Crippen LogP contribution in [-0.2, 0) is 0 Å². The van der Waals surface area contributed by atoms with Crippen LogP contribution in [0.15, 0.2) is 48.5 Å². The zero-order chi connectivity index (χ0) is 18.5. The molecule has 2 aromatic carbocycles. The molecule has 26 heavy (non-hydrogen) atoms. The van der Waals surface area contributed by atoms with Crippen LogP contribution in [-0.4, -0.2) is 23.1 Å². The van der Waals surface area contributed by atoms with Gasteiger partial charge in [-0.3, -0.25) is 0 Å². The highest BCUT2D eigenvalue weighted by Crippen LogP contribution is 2.25. The van der Waals surface area contributed by atoms with E-state index in [-0.39, 0.29) is 18.0 Å². The number of anilines is 1. The van der Waals surface area contributed by atoms with Gasteiger partial charge in [0.2, 0.25) is 0 Å². The number of aromatic amines is 1. The SMILES string of the molecule is CC[C@@H](C)[C@H](NC(=O)Nc1cccc(OC)c1)c1nc2ccccc2[nH]1. The van der Waals surface area contributed by atoms with Gasteiger partial charge in [0.25, 0.3) is 0 Å². The molecule has 0 aliphatic heterocycles. The Morgan fingerprint density at radius 2 is 2.04 bits per heavy atom. The second kappa shape index (κ2) is 7.91. The maximum atomic E-state index is 12.5. The van der Waals surface area contributed by atoms with E-state index in [0.717, 1.165) is 23.3 Å². The first-order valence-corrected chi connectivity index (χ1v) is 8.77. The van der Waals surface area contributed by atoms with Crippen molar-refractivity contribution in [3.05, 3.63) is 54.4 Å². The minimum Gasteiger partial charge on any atom is -0.497 e. The van der Waals surface area contributed by atoms with E-state index < -0.39 is 0 Å². The highest BCUT2D eigenvalue weighted by atomic mass is 16.5. The highest BCUT2D eigenvalue weighted by Gasteiger charge is 2.23. The summed E-state index contributed by atoms with van der Waals surface area (Å²) in [6.07, 6.45) is 0.918. The van der Waals surface area contributed by atoms with Gasteiger partial charge in [-0.05, 0) is 30.2 Å². The van der Waals surface area contributed by atoms with Crippen molar-refractivity contribution >= 4 is 22.8 Å². The van der Waals surface area contributed by atoms with E-state index in [2.05, 4.69) is 34.4 Å². The van der Waals surface area contributed by atoms with Crippen molar-refractivity contribution in [2.45, 2.75) is 26.3 Å². The van der Waals surface area contributed by atoms with Crippen LogP contribution in [0.5, 0.6) is 5.75 Å². The first-order chi connectivity index (χ1) is 12.6. The van der Waals surface area contributed by atoms with Crippen molar-refractivity contribution in [2.75, 3.05) is 12.4 Å². The van der Waals surface area contributed by atoms with Gasteiger partial charge in [0, 0.05) is 11.8 Å². The third kappa shape index (κ3) is 3.96. The highest BCUT2D eigenvalue weighted by molar-refractivity contribution is 5.89. The number of methoxy groups -OCH3 is 1. The average molecular weight is 352 g/mol. The van der Waals surface area contributed by atoms with E-state index in [9.17, 15) is 4.79 Å². The van der Waals surface area contributed by atoms with Gasteiger partial charge in [0.1, 0.15) is 11.6 Å². The molecule has 1 aromatic heterocycles. The number of benzene rings is 2. The van der Waals surface area contributed by atoms with Crippen LogP contribution in [0, 0.1) is 5.92 Å². The van der Waals surface area contributed by atoms with E-state index in [0.29, 0.717) is 11.4 Å². The summed E-state index contributed by atoms with van der Waals surface area (Å²) >= 11 is 0. The predicted octanol–water partition coefficient (Wildman–Crippen LogP) is 4.48. The van der Waals surface area contributed by atoms with E-state index in [1.165, 1.54) is 0 Å². The van der Waals surface area contributed by atoms with Crippen LogP contribution < -0.4 is 15.4 Å². The molecular weight excluding hydrogens is 328 g/mol. The second-order valence-electron chi connectivity index (χ2n) is 6.33. The van der Waals surface area contributed by atoms with Crippen molar-refractivity contribution in [3.63, 3.8) is 0 Å². The van der Waals surface area contributed by atoms with Crippen LogP contribution in [0.4, 0.5) is 10.5 Å². The lowest BCUT2D eigenvalue weighted by Crippen LogP contribution is -2.36. The lowest BCUT2D eigenvalue weighted by molar-refractivity contribution is 0.242. The Bertz CT molecular complexity index is 857. The molecule has 0 saturated heterocycles. The van der Waals surface area contributed by atoms with Crippen molar-refractivity contribution in [1.29, 1.82) is 0 Å². The molecule has 6 nitrogen and oxygen atoms in total. The number of amides is 2. The van der Waals surface area contributed by atoms with Crippen LogP contribution in [0.1, 0.15) is 32.1 Å². The zero-order valence-corrected chi connectivity index (χ0v) is 15.2. The fourth-order valence-electron chi connectivity index (χ4n) is 2.84. The molecule has 3 rings (SSSR count). The number of imidazole rings is 1. The first-order valence-electron chi connectivity index (χ1n) is 8.77. The predicted molar refractivity (Wildman–Crippen MR) is 103 cm³/mol. The summed E-state index contributed by atoms with van der Waals surface area (Å²) < 4.78 is 5.19. The molecule has 0 radical (unpaired) electrons. The van der Waals surface area contributed by atoms with Gasteiger partial charge in [-0.1, -0.05) is 38.5 Å². The molecule has 0 spiro atoms. The smallest absolute Gasteiger partial charge is 0.319 e. The molecule has 2 atom stereocenters. The minimum absolute atomic E-state index is 0.210. The molecule has 3 N–H and O–H groups in total. The van der Waals surface area contributed by atoms with Crippen LogP contribution in [0.3, 0.4) is 0 Å². The van der Waals surface area contributed by atoms with Gasteiger partial charge in [0.05, 0.1) is 24.2 Å². The fourth-order valence-corrected chi connectivity index (χ4v) is 2.84. The number of para-hydroxylation sites is 2. The molecular formula is C20H24N4O2. The normalized spacial score (nSPS) is 13.2. The Morgan fingerprint density at radius 1 is 1.23 bits per heavy atom. The Hall–Kier alpha value is -3.02. The number of ether oxygens (including phenoxy) is 1. The molecule has 0 aliphatic rings. The van der Waals surface area contributed by atoms with Gasteiger partial charge in [-0.25, -0.2) is 9.78 Å². The quantitative estimate of drug-likeness (QED) is 0.612. The Morgan fingerprint density at radius 3 is 2.77 bits per heavy atom. The van der Waals surface area contributed by atoms with Gasteiger partial charge in [0.15, 0.2) is 0 Å². The number of nitrogens with one attached hydrogen (secondary N) is 3. The van der Waals surface area contributed by atoms with Gasteiger partial charge >= 0.3 is 6.03 Å². The monoisotopic (exact) mass is 352 g/mol. The maximum absolute atomic E-state index is 12.5. The topological polar surface area (TPSA) is 79.0 Å². The van der Waals surface area contributed by atoms with Gasteiger partial charge < -0.3 is 20.4 Å². The van der Waals surface area contributed by atoms with Crippen molar-refractivity contribution < 1.29 is 9.53 Å². The summed E-state index contributed by atoms with van der Waals surface area (Å²) in [6, 6.07) is 14.6. The number of urea groups is 1. The summed E-state index contributed by atoms with van der Waals surface area (Å²) in [6.45, 7) is 4.20.